The number of aliphatic carboxylic acids is 1. The van der Waals surface area contributed by atoms with Gasteiger partial charge in [0.1, 0.15) is 17.7 Å². The topological polar surface area (TPSA) is 83.9 Å². The lowest BCUT2D eigenvalue weighted by atomic mass is 9.92. The van der Waals surface area contributed by atoms with Crippen LogP contribution in [0, 0.1) is 5.82 Å². The molecule has 3 aliphatic rings. The van der Waals surface area contributed by atoms with E-state index in [9.17, 15) is 14.3 Å². The van der Waals surface area contributed by atoms with Crippen LogP contribution in [0.2, 0.25) is 0 Å². The number of ether oxygens (including phenoxy) is 2. The number of carbonyl (C=O) groups is 1. The lowest BCUT2D eigenvalue weighted by molar-refractivity contribution is -0.143. The maximum atomic E-state index is 14.3. The van der Waals surface area contributed by atoms with E-state index in [1.807, 2.05) is 4.90 Å². The molecule has 0 bridgehead atoms. The summed E-state index contributed by atoms with van der Waals surface area (Å²) in [6.07, 6.45) is 9.80. The average molecular weight is 526 g/mol. The van der Waals surface area contributed by atoms with Gasteiger partial charge in [-0.05, 0) is 92.7 Å². The van der Waals surface area contributed by atoms with E-state index in [1.165, 1.54) is 24.1 Å². The van der Waals surface area contributed by atoms with Gasteiger partial charge >= 0.3 is 5.97 Å². The molecule has 2 fully saturated rings. The Labute approximate surface area is 224 Å². The Morgan fingerprint density at radius 1 is 1.18 bits per heavy atom. The maximum absolute atomic E-state index is 14.3. The van der Waals surface area contributed by atoms with Crippen molar-refractivity contribution >= 4 is 11.8 Å². The molecule has 206 valence electrons. The molecule has 3 aliphatic heterocycles. The van der Waals surface area contributed by atoms with Crippen molar-refractivity contribution in [3.05, 3.63) is 58.5 Å². The van der Waals surface area contributed by atoms with Gasteiger partial charge in [-0.15, -0.1) is 0 Å². The predicted octanol–water partition coefficient (Wildman–Crippen LogP) is 5.45. The number of carboxylic acids is 1. The van der Waals surface area contributed by atoms with E-state index in [0.29, 0.717) is 31.9 Å². The first-order chi connectivity index (χ1) is 18.6. The van der Waals surface area contributed by atoms with Gasteiger partial charge in [0.25, 0.3) is 0 Å². The van der Waals surface area contributed by atoms with Crippen LogP contribution in [0.25, 0.3) is 0 Å². The minimum atomic E-state index is -0.959. The zero-order valence-corrected chi connectivity index (χ0v) is 22.2. The average Bonchev–Trinajstić information content (AvgIpc) is 3.39. The summed E-state index contributed by atoms with van der Waals surface area (Å²) >= 11 is 0. The van der Waals surface area contributed by atoms with Crippen molar-refractivity contribution in [3.8, 4) is 0 Å². The second kappa shape index (κ2) is 13.0. The number of rotatable bonds is 11. The van der Waals surface area contributed by atoms with Crippen LogP contribution in [0.4, 0.5) is 10.2 Å². The van der Waals surface area contributed by atoms with Crippen LogP contribution in [0.15, 0.2) is 30.3 Å². The molecule has 2 aromatic rings. The fourth-order valence-corrected chi connectivity index (χ4v) is 6.02. The summed E-state index contributed by atoms with van der Waals surface area (Å²) < 4.78 is 26.3. The molecule has 0 unspecified atom stereocenters. The Balaban J connectivity index is 1.09. The van der Waals surface area contributed by atoms with Crippen molar-refractivity contribution in [2.45, 2.75) is 82.5 Å². The zero-order valence-electron chi connectivity index (χ0n) is 22.2. The molecule has 7 nitrogen and oxygen atoms in total. The Hall–Kier alpha value is -2.55. The molecule has 4 heterocycles. The number of benzene rings is 1. The molecule has 5 rings (SSSR count). The Bertz CT molecular complexity index is 1090. The van der Waals surface area contributed by atoms with Gasteiger partial charge < -0.3 is 19.9 Å². The van der Waals surface area contributed by atoms with E-state index < -0.39 is 17.8 Å². The molecule has 2 N–H and O–H groups in total. The van der Waals surface area contributed by atoms with Crippen molar-refractivity contribution in [2.75, 3.05) is 38.2 Å². The zero-order chi connectivity index (χ0) is 26.3. The fourth-order valence-electron chi connectivity index (χ4n) is 6.02. The predicted molar refractivity (Wildman–Crippen MR) is 144 cm³/mol. The van der Waals surface area contributed by atoms with Crippen molar-refractivity contribution < 1.29 is 23.8 Å². The molecule has 0 amide bonds. The third-order valence-corrected chi connectivity index (χ3v) is 8.03. The number of hydrogen-bond acceptors (Lipinski definition) is 6. The third kappa shape index (κ3) is 6.71. The number of anilines is 1. The van der Waals surface area contributed by atoms with Crippen molar-refractivity contribution in [2.24, 2.45) is 0 Å². The number of nitrogens with zero attached hydrogens (tertiary/aromatic N) is 2. The smallest absolute Gasteiger partial charge is 0.325 e. The van der Waals surface area contributed by atoms with Crippen LogP contribution in [0.1, 0.15) is 85.9 Å². The molecule has 0 saturated carbocycles. The number of nitrogens with one attached hydrogen (secondary N) is 1. The Morgan fingerprint density at radius 3 is 2.95 bits per heavy atom. The van der Waals surface area contributed by atoms with Gasteiger partial charge in [-0.2, -0.15) is 0 Å². The number of carboxylic acid groups (broad SMARTS) is 1. The number of fused-ring (bicyclic) bond motifs is 1. The minimum Gasteiger partial charge on any atom is -0.480 e. The standard InChI is InChI=1S/C30H40FN3O4/c31-22-11-13-25(27-9-3-5-18-38-27)26(19-22)28(30(35)36)34-16-14-24(20-34)37-17-4-1-2-8-23-12-10-21-7-6-15-32-29(21)33-23/h10-13,19,24,27-28H,1-9,14-18,20H2,(H,32,33)(H,35,36)/t24-,27-,28-/m1/s1. The summed E-state index contributed by atoms with van der Waals surface area (Å²) in [5.41, 5.74) is 3.77. The quantitative estimate of drug-likeness (QED) is 0.378. The van der Waals surface area contributed by atoms with Gasteiger partial charge in [-0.3, -0.25) is 9.69 Å². The first-order valence-corrected chi connectivity index (χ1v) is 14.3. The van der Waals surface area contributed by atoms with E-state index in [1.54, 1.807) is 6.07 Å². The normalized spacial score (nSPS) is 22.6. The van der Waals surface area contributed by atoms with E-state index in [0.717, 1.165) is 81.4 Å². The summed E-state index contributed by atoms with van der Waals surface area (Å²) in [6.45, 7) is 3.47. The molecular formula is C30H40FN3O4. The second-order valence-corrected chi connectivity index (χ2v) is 10.8. The molecule has 38 heavy (non-hydrogen) atoms. The lowest BCUT2D eigenvalue weighted by Crippen LogP contribution is -2.34. The summed E-state index contributed by atoms with van der Waals surface area (Å²) in [4.78, 5) is 19.1. The van der Waals surface area contributed by atoms with Crippen LogP contribution in [0.3, 0.4) is 0 Å². The SMILES string of the molecule is O=C(O)[C@@H](c1cc(F)ccc1[C@H]1CCCCO1)N1CC[C@@H](OCCCCCc2ccc3c(n2)NCCC3)C1. The van der Waals surface area contributed by atoms with E-state index >= 15 is 0 Å². The second-order valence-electron chi connectivity index (χ2n) is 10.8. The Morgan fingerprint density at radius 2 is 2.11 bits per heavy atom. The van der Waals surface area contributed by atoms with Gasteiger partial charge in [0.05, 0.1) is 12.2 Å². The number of aryl methyl sites for hydroxylation is 2. The highest BCUT2D eigenvalue weighted by Gasteiger charge is 2.36. The van der Waals surface area contributed by atoms with Crippen LogP contribution in [-0.2, 0) is 27.1 Å². The maximum Gasteiger partial charge on any atom is 0.325 e. The number of halogens is 1. The summed E-state index contributed by atoms with van der Waals surface area (Å²) in [5, 5.41) is 13.6. The monoisotopic (exact) mass is 525 g/mol. The Kier molecular flexibility index (Phi) is 9.25. The number of likely N-dealkylation sites (tertiary alicyclic amines) is 1. The number of hydrogen-bond donors (Lipinski definition) is 2. The molecule has 0 spiro atoms. The molecule has 2 saturated heterocycles. The van der Waals surface area contributed by atoms with Crippen LogP contribution < -0.4 is 5.32 Å². The summed E-state index contributed by atoms with van der Waals surface area (Å²) in [6, 6.07) is 7.95. The first-order valence-electron chi connectivity index (χ1n) is 14.3. The molecule has 1 aromatic carbocycles. The molecular weight excluding hydrogens is 485 g/mol. The van der Waals surface area contributed by atoms with Gasteiger partial charge in [0.2, 0.25) is 0 Å². The molecule has 0 radical (unpaired) electrons. The number of unbranched alkanes of at least 4 members (excludes halogenated alkanes) is 2. The summed E-state index contributed by atoms with van der Waals surface area (Å²) in [7, 11) is 0. The fraction of sp³-hybridized carbons (Fsp3) is 0.600. The highest BCUT2D eigenvalue weighted by molar-refractivity contribution is 5.76. The van der Waals surface area contributed by atoms with Crippen molar-refractivity contribution in [1.29, 1.82) is 0 Å². The lowest BCUT2D eigenvalue weighted by Gasteiger charge is -2.30. The van der Waals surface area contributed by atoms with Gasteiger partial charge in [-0.1, -0.05) is 18.6 Å². The van der Waals surface area contributed by atoms with Crippen molar-refractivity contribution in [3.63, 3.8) is 0 Å². The van der Waals surface area contributed by atoms with Gasteiger partial charge in [0.15, 0.2) is 0 Å². The highest BCUT2D eigenvalue weighted by atomic mass is 19.1. The number of pyridine rings is 1. The van der Waals surface area contributed by atoms with Gasteiger partial charge in [-0.25, -0.2) is 9.37 Å². The largest absolute Gasteiger partial charge is 0.480 e. The van der Waals surface area contributed by atoms with E-state index in [-0.39, 0.29) is 12.2 Å². The molecule has 1 aromatic heterocycles. The van der Waals surface area contributed by atoms with E-state index in [2.05, 4.69) is 17.4 Å². The van der Waals surface area contributed by atoms with Crippen LogP contribution in [-0.4, -0.2) is 59.9 Å². The van der Waals surface area contributed by atoms with E-state index in [4.69, 9.17) is 14.5 Å². The molecule has 8 heteroatoms. The highest BCUT2D eigenvalue weighted by Crippen LogP contribution is 2.36. The minimum absolute atomic E-state index is 0.00632. The first kappa shape index (κ1) is 27.0. The van der Waals surface area contributed by atoms with Crippen LogP contribution >= 0.6 is 0 Å². The van der Waals surface area contributed by atoms with Gasteiger partial charge in [0, 0.05) is 38.5 Å². The number of aromatic nitrogens is 1. The molecule has 0 aliphatic carbocycles. The van der Waals surface area contributed by atoms with Crippen LogP contribution in [0.5, 0.6) is 0 Å². The third-order valence-electron chi connectivity index (χ3n) is 8.03. The van der Waals surface area contributed by atoms with Crippen molar-refractivity contribution in [1.82, 2.24) is 9.88 Å². The summed E-state index contributed by atoms with van der Waals surface area (Å²) in [5.74, 6) is -0.321. The molecule has 3 atom stereocenters.